The van der Waals surface area contributed by atoms with E-state index in [1.807, 2.05) is 19.1 Å². The lowest BCUT2D eigenvalue weighted by Gasteiger charge is -2.14. The number of amides is 1. The molecule has 0 fully saturated rings. The number of aryl methyl sites for hydroxylation is 1. The highest BCUT2D eigenvalue weighted by atomic mass is 19.4. The summed E-state index contributed by atoms with van der Waals surface area (Å²) in [7, 11) is 1.40. The summed E-state index contributed by atoms with van der Waals surface area (Å²) < 4.78 is 46.1. The Bertz CT molecular complexity index is 1310. The fourth-order valence-corrected chi connectivity index (χ4v) is 3.23. The normalized spacial score (nSPS) is 11.3. The van der Waals surface area contributed by atoms with Crippen LogP contribution < -0.4 is 10.1 Å². The molecule has 0 unspecified atom stereocenters. The van der Waals surface area contributed by atoms with Crippen LogP contribution >= 0.6 is 0 Å². The molecule has 0 radical (unpaired) electrons. The van der Waals surface area contributed by atoms with Gasteiger partial charge in [0.2, 0.25) is 0 Å². The molecule has 168 valence electrons. The number of benzene rings is 1. The number of hydrogen-bond donors (Lipinski definition) is 1. The lowest BCUT2D eigenvalue weighted by Crippen LogP contribution is -2.17. The number of aromatic nitrogens is 5. The Balaban J connectivity index is 1.65. The molecule has 4 rings (SSSR count). The molecule has 1 aromatic carbocycles. The van der Waals surface area contributed by atoms with Gasteiger partial charge < -0.3 is 10.1 Å². The third-order valence-corrected chi connectivity index (χ3v) is 4.77. The standard InChI is InChI=1S/C22H17F3N6O2/c1-13-4-3-7-26-19(13)14-5-6-16(18(10-14)33-2)21(32)30-15-11-17(22(23,24)25)20(27-12-15)31-28-8-9-29-31/h3-12H,1-2H3,(H,30,32). The molecule has 0 aliphatic heterocycles. The van der Waals surface area contributed by atoms with Crippen molar-refractivity contribution in [2.45, 2.75) is 13.1 Å². The van der Waals surface area contributed by atoms with Crippen LogP contribution in [0.3, 0.4) is 0 Å². The highest BCUT2D eigenvalue weighted by Gasteiger charge is 2.36. The summed E-state index contributed by atoms with van der Waals surface area (Å²) in [6.45, 7) is 1.91. The van der Waals surface area contributed by atoms with Gasteiger partial charge in [0.15, 0.2) is 5.82 Å². The zero-order chi connectivity index (χ0) is 23.6. The summed E-state index contributed by atoms with van der Waals surface area (Å²) >= 11 is 0. The van der Waals surface area contributed by atoms with Crippen LogP contribution in [0.4, 0.5) is 18.9 Å². The number of carbonyl (C=O) groups is 1. The molecule has 0 atom stereocenters. The van der Waals surface area contributed by atoms with Crippen LogP contribution in [-0.2, 0) is 6.18 Å². The monoisotopic (exact) mass is 454 g/mol. The molecule has 1 N–H and O–H groups in total. The van der Waals surface area contributed by atoms with E-state index in [2.05, 4.69) is 25.5 Å². The van der Waals surface area contributed by atoms with Crippen molar-refractivity contribution in [1.29, 1.82) is 0 Å². The van der Waals surface area contributed by atoms with Gasteiger partial charge in [-0.25, -0.2) is 4.98 Å². The number of hydrogen-bond acceptors (Lipinski definition) is 6. The van der Waals surface area contributed by atoms with Crippen LogP contribution in [0.15, 0.2) is 61.2 Å². The number of carbonyl (C=O) groups excluding carboxylic acids is 1. The van der Waals surface area contributed by atoms with Gasteiger partial charge in [0.1, 0.15) is 11.3 Å². The molecule has 11 heteroatoms. The van der Waals surface area contributed by atoms with Crippen molar-refractivity contribution in [3.8, 4) is 22.8 Å². The zero-order valence-electron chi connectivity index (χ0n) is 17.5. The van der Waals surface area contributed by atoms with Crippen LogP contribution in [0.2, 0.25) is 0 Å². The largest absolute Gasteiger partial charge is 0.496 e. The molecule has 0 saturated carbocycles. The van der Waals surface area contributed by atoms with Crippen LogP contribution in [0.5, 0.6) is 5.75 Å². The lowest BCUT2D eigenvalue weighted by molar-refractivity contribution is -0.137. The number of methoxy groups -OCH3 is 1. The fraction of sp³-hybridized carbons (Fsp3) is 0.136. The van der Waals surface area contributed by atoms with Gasteiger partial charge in [0.25, 0.3) is 5.91 Å². The quantitative estimate of drug-likeness (QED) is 0.483. The predicted molar refractivity (Wildman–Crippen MR) is 113 cm³/mol. The van der Waals surface area contributed by atoms with E-state index in [-0.39, 0.29) is 17.0 Å². The van der Waals surface area contributed by atoms with E-state index >= 15 is 0 Å². The van der Waals surface area contributed by atoms with Crippen molar-refractivity contribution >= 4 is 11.6 Å². The van der Waals surface area contributed by atoms with E-state index in [0.29, 0.717) is 0 Å². The average molecular weight is 454 g/mol. The number of nitrogens with one attached hydrogen (secondary N) is 1. The van der Waals surface area contributed by atoms with E-state index in [1.165, 1.54) is 25.6 Å². The maximum absolute atomic E-state index is 13.6. The Labute approximate surface area is 186 Å². The predicted octanol–water partition coefficient (Wildman–Crippen LogP) is 4.31. The van der Waals surface area contributed by atoms with Gasteiger partial charge in [0, 0.05) is 11.8 Å². The Kier molecular flexibility index (Phi) is 5.78. The Morgan fingerprint density at radius 3 is 2.48 bits per heavy atom. The third kappa shape index (κ3) is 4.52. The molecule has 0 saturated heterocycles. The Hall–Kier alpha value is -4.28. The number of ether oxygens (including phenoxy) is 1. The molecule has 0 aliphatic carbocycles. The van der Waals surface area contributed by atoms with Crippen molar-refractivity contribution in [3.63, 3.8) is 0 Å². The zero-order valence-corrected chi connectivity index (χ0v) is 17.5. The maximum Gasteiger partial charge on any atom is 0.420 e. The first kappa shape index (κ1) is 21.9. The number of alkyl halides is 3. The maximum atomic E-state index is 13.6. The van der Waals surface area contributed by atoms with Crippen molar-refractivity contribution in [2.75, 3.05) is 12.4 Å². The minimum atomic E-state index is -4.74. The van der Waals surface area contributed by atoms with Gasteiger partial charge in [-0.3, -0.25) is 9.78 Å². The van der Waals surface area contributed by atoms with Crippen LogP contribution in [0.1, 0.15) is 21.5 Å². The van der Waals surface area contributed by atoms with Gasteiger partial charge in [-0.05, 0) is 36.8 Å². The Morgan fingerprint density at radius 2 is 1.82 bits per heavy atom. The van der Waals surface area contributed by atoms with Crippen molar-refractivity contribution < 1.29 is 22.7 Å². The number of rotatable bonds is 5. The molecule has 0 spiro atoms. The first-order chi connectivity index (χ1) is 15.8. The van der Waals surface area contributed by atoms with Gasteiger partial charge >= 0.3 is 6.18 Å². The van der Waals surface area contributed by atoms with Gasteiger partial charge in [0.05, 0.1) is 42.6 Å². The summed E-state index contributed by atoms with van der Waals surface area (Å²) in [6, 6.07) is 9.37. The topological polar surface area (TPSA) is 94.8 Å². The molecular formula is C22H17F3N6O2. The summed E-state index contributed by atoms with van der Waals surface area (Å²) in [5.74, 6) is -0.911. The first-order valence-corrected chi connectivity index (χ1v) is 9.63. The molecule has 0 aliphatic rings. The van der Waals surface area contributed by atoms with Crippen molar-refractivity contribution in [2.24, 2.45) is 0 Å². The third-order valence-electron chi connectivity index (χ3n) is 4.77. The molecule has 3 aromatic heterocycles. The molecular weight excluding hydrogens is 437 g/mol. The van der Waals surface area contributed by atoms with E-state index < -0.39 is 23.5 Å². The van der Waals surface area contributed by atoms with Gasteiger partial charge in [-0.15, -0.1) is 4.80 Å². The highest BCUT2D eigenvalue weighted by molar-refractivity contribution is 6.06. The number of halogens is 3. The van der Waals surface area contributed by atoms with Gasteiger partial charge in [-0.1, -0.05) is 12.1 Å². The molecule has 3 heterocycles. The highest BCUT2D eigenvalue weighted by Crippen LogP contribution is 2.34. The summed E-state index contributed by atoms with van der Waals surface area (Å²) in [4.78, 5) is 21.7. The minimum absolute atomic E-state index is 0.140. The number of nitrogens with zero attached hydrogens (tertiary/aromatic N) is 5. The van der Waals surface area contributed by atoms with E-state index in [4.69, 9.17) is 4.74 Å². The van der Waals surface area contributed by atoms with Crippen LogP contribution in [0, 0.1) is 6.92 Å². The smallest absolute Gasteiger partial charge is 0.420 e. The first-order valence-electron chi connectivity index (χ1n) is 9.63. The summed E-state index contributed by atoms with van der Waals surface area (Å²) in [5.41, 5.74) is 1.30. The molecule has 4 aromatic rings. The SMILES string of the molecule is COc1cc(-c2ncccc2C)ccc1C(=O)Nc1cnc(-n2nccn2)c(C(F)(F)F)c1. The summed E-state index contributed by atoms with van der Waals surface area (Å²) in [5, 5.41) is 9.83. The number of anilines is 1. The van der Waals surface area contributed by atoms with Gasteiger partial charge in [-0.2, -0.15) is 23.4 Å². The summed E-state index contributed by atoms with van der Waals surface area (Å²) in [6.07, 6.45) is 0.490. The minimum Gasteiger partial charge on any atom is -0.496 e. The van der Waals surface area contributed by atoms with E-state index in [9.17, 15) is 18.0 Å². The van der Waals surface area contributed by atoms with Crippen LogP contribution in [0.25, 0.3) is 17.1 Å². The lowest BCUT2D eigenvalue weighted by atomic mass is 10.0. The van der Waals surface area contributed by atoms with Crippen molar-refractivity contribution in [3.05, 3.63) is 77.9 Å². The van der Waals surface area contributed by atoms with E-state index in [0.717, 1.165) is 33.9 Å². The second-order valence-electron chi connectivity index (χ2n) is 6.95. The molecule has 8 nitrogen and oxygen atoms in total. The second kappa shape index (κ2) is 8.69. The molecule has 33 heavy (non-hydrogen) atoms. The molecule has 1 amide bonds. The second-order valence-corrected chi connectivity index (χ2v) is 6.95. The van der Waals surface area contributed by atoms with E-state index in [1.54, 1.807) is 18.3 Å². The average Bonchev–Trinajstić information content (AvgIpc) is 3.33. The fourth-order valence-electron chi connectivity index (χ4n) is 3.23. The molecule has 0 bridgehead atoms. The van der Waals surface area contributed by atoms with Crippen molar-refractivity contribution in [1.82, 2.24) is 25.0 Å². The Morgan fingerprint density at radius 1 is 1.06 bits per heavy atom. The number of pyridine rings is 2. The van der Waals surface area contributed by atoms with Crippen LogP contribution in [-0.4, -0.2) is 38.0 Å².